The molecular weight excluding hydrogens is 436 g/mol. The molecule has 0 unspecified atom stereocenters. The van der Waals surface area contributed by atoms with E-state index in [0.29, 0.717) is 11.4 Å². The average Bonchev–Trinajstić information content (AvgIpc) is 2.78. The molecule has 1 aliphatic rings. The molecule has 0 saturated carbocycles. The highest BCUT2D eigenvalue weighted by Gasteiger charge is 2.33. The largest absolute Gasteiger partial charge is 0.340 e. The van der Waals surface area contributed by atoms with Gasteiger partial charge in [0.25, 0.3) is 0 Å². The molecule has 1 aliphatic carbocycles. The number of benzene rings is 2. The predicted molar refractivity (Wildman–Crippen MR) is 118 cm³/mol. The fourth-order valence-corrected chi connectivity index (χ4v) is 4.99. The number of nitrogens with zero attached hydrogens (tertiary/aromatic N) is 2. The van der Waals surface area contributed by atoms with Crippen molar-refractivity contribution in [3.8, 4) is 0 Å². The highest BCUT2D eigenvalue weighted by atomic mass is 35.5. The SMILES string of the molecule is CN(C1=C(Cl)C(=O)c2ccccc2C1=O)c1ccc(S(=O)(=O)Cc2ccccn2)cc1. The Hall–Kier alpha value is -3.29. The summed E-state index contributed by atoms with van der Waals surface area (Å²) in [6.07, 6.45) is 1.54. The third kappa shape index (κ3) is 3.89. The Morgan fingerprint density at radius 2 is 1.48 bits per heavy atom. The van der Waals surface area contributed by atoms with Crippen molar-refractivity contribution in [3.63, 3.8) is 0 Å². The number of Topliss-reactive ketones (excluding diaryl/α,β-unsaturated/α-hetero) is 2. The molecule has 0 saturated heterocycles. The van der Waals surface area contributed by atoms with E-state index in [9.17, 15) is 18.0 Å². The van der Waals surface area contributed by atoms with Crippen LogP contribution in [0.5, 0.6) is 0 Å². The number of ketones is 2. The molecule has 1 aromatic heterocycles. The molecule has 3 aromatic rings. The van der Waals surface area contributed by atoms with Crippen LogP contribution in [0.25, 0.3) is 0 Å². The minimum atomic E-state index is -3.59. The number of hydrogen-bond donors (Lipinski definition) is 0. The quantitative estimate of drug-likeness (QED) is 0.581. The summed E-state index contributed by atoms with van der Waals surface area (Å²) in [5.41, 5.74) is 1.57. The van der Waals surface area contributed by atoms with Crippen molar-refractivity contribution in [2.24, 2.45) is 0 Å². The van der Waals surface area contributed by atoms with Gasteiger partial charge >= 0.3 is 0 Å². The van der Waals surface area contributed by atoms with Gasteiger partial charge in [0.2, 0.25) is 11.6 Å². The van der Waals surface area contributed by atoms with Crippen molar-refractivity contribution in [1.82, 2.24) is 4.98 Å². The number of rotatable bonds is 5. The molecular formula is C23H17ClN2O4S. The van der Waals surface area contributed by atoms with Gasteiger partial charge in [0, 0.05) is 30.1 Å². The van der Waals surface area contributed by atoms with Gasteiger partial charge in [-0.1, -0.05) is 41.9 Å². The first-order valence-electron chi connectivity index (χ1n) is 9.34. The normalized spacial score (nSPS) is 13.9. The van der Waals surface area contributed by atoms with Crippen LogP contribution in [0.15, 0.2) is 88.6 Å². The Kier molecular flexibility index (Phi) is 5.47. The van der Waals surface area contributed by atoms with E-state index in [2.05, 4.69) is 4.98 Å². The summed E-state index contributed by atoms with van der Waals surface area (Å²) >= 11 is 6.26. The predicted octanol–water partition coefficient (Wildman–Crippen LogP) is 4.02. The van der Waals surface area contributed by atoms with E-state index in [4.69, 9.17) is 11.6 Å². The van der Waals surface area contributed by atoms with Crippen LogP contribution < -0.4 is 4.90 Å². The van der Waals surface area contributed by atoms with Crippen LogP contribution in [0.1, 0.15) is 26.4 Å². The molecule has 0 atom stereocenters. The molecule has 8 heteroatoms. The lowest BCUT2D eigenvalue weighted by Gasteiger charge is -2.26. The zero-order chi connectivity index (χ0) is 22.2. The van der Waals surface area contributed by atoms with Crippen molar-refractivity contribution >= 4 is 38.7 Å². The van der Waals surface area contributed by atoms with Gasteiger partial charge < -0.3 is 4.90 Å². The molecule has 0 radical (unpaired) electrons. The van der Waals surface area contributed by atoms with Gasteiger partial charge in [-0.3, -0.25) is 14.6 Å². The van der Waals surface area contributed by atoms with E-state index in [-0.39, 0.29) is 38.3 Å². The van der Waals surface area contributed by atoms with E-state index in [1.54, 1.807) is 67.8 Å². The first kappa shape index (κ1) is 21.0. The monoisotopic (exact) mass is 452 g/mol. The van der Waals surface area contributed by atoms with Gasteiger partial charge in [0.1, 0.15) is 10.7 Å². The molecule has 156 valence electrons. The van der Waals surface area contributed by atoms with E-state index in [0.717, 1.165) is 0 Å². The molecule has 0 fully saturated rings. The first-order valence-corrected chi connectivity index (χ1v) is 11.4. The minimum absolute atomic E-state index is 0.0504. The van der Waals surface area contributed by atoms with Crippen molar-refractivity contribution < 1.29 is 18.0 Å². The maximum atomic E-state index is 13.0. The number of anilines is 1. The summed E-state index contributed by atoms with van der Waals surface area (Å²) in [6.45, 7) is 0. The number of aromatic nitrogens is 1. The van der Waals surface area contributed by atoms with Crippen molar-refractivity contribution in [2.45, 2.75) is 10.6 Å². The highest BCUT2D eigenvalue weighted by molar-refractivity contribution is 7.90. The fraction of sp³-hybridized carbons (Fsp3) is 0.0870. The average molecular weight is 453 g/mol. The first-order chi connectivity index (χ1) is 14.8. The molecule has 0 bridgehead atoms. The van der Waals surface area contributed by atoms with Gasteiger partial charge in [-0.05, 0) is 36.4 Å². The van der Waals surface area contributed by atoms with Gasteiger partial charge in [-0.25, -0.2) is 8.42 Å². The number of halogens is 1. The van der Waals surface area contributed by atoms with E-state index in [1.165, 1.54) is 17.0 Å². The summed E-state index contributed by atoms with van der Waals surface area (Å²) in [5.74, 6) is -1.01. The maximum Gasteiger partial charge on any atom is 0.211 e. The number of sulfone groups is 1. The topological polar surface area (TPSA) is 84.4 Å². The van der Waals surface area contributed by atoms with Crippen LogP contribution in [-0.4, -0.2) is 32.0 Å². The summed E-state index contributed by atoms with van der Waals surface area (Å²) in [5, 5.41) is -0.168. The van der Waals surface area contributed by atoms with Gasteiger partial charge in [-0.2, -0.15) is 0 Å². The Bertz CT molecular complexity index is 1320. The van der Waals surface area contributed by atoms with E-state index in [1.807, 2.05) is 0 Å². The minimum Gasteiger partial charge on any atom is -0.340 e. The molecule has 1 heterocycles. The van der Waals surface area contributed by atoms with Crippen LogP contribution in [0.3, 0.4) is 0 Å². The van der Waals surface area contributed by atoms with Crippen LogP contribution in [0.2, 0.25) is 0 Å². The number of hydrogen-bond acceptors (Lipinski definition) is 6. The molecule has 0 N–H and O–H groups in total. The van der Waals surface area contributed by atoms with E-state index < -0.39 is 15.6 Å². The second kappa shape index (κ2) is 8.09. The smallest absolute Gasteiger partial charge is 0.211 e. The standard InChI is InChI=1S/C23H17ClN2O4S/c1-26(21-20(24)22(27)18-7-2-3-8-19(18)23(21)28)16-9-11-17(12-10-16)31(29,30)14-15-6-4-5-13-25-15/h2-13H,14H2,1H3. The second-order valence-corrected chi connectivity index (χ2v) is 9.37. The zero-order valence-corrected chi connectivity index (χ0v) is 18.0. The Balaban J connectivity index is 1.63. The van der Waals surface area contributed by atoms with Crippen LogP contribution >= 0.6 is 11.6 Å². The Labute approximate surface area is 184 Å². The molecule has 6 nitrogen and oxygen atoms in total. The summed E-state index contributed by atoms with van der Waals surface area (Å²) < 4.78 is 25.4. The molecule has 0 spiro atoms. The Morgan fingerprint density at radius 3 is 2.10 bits per heavy atom. The van der Waals surface area contributed by atoms with E-state index >= 15 is 0 Å². The zero-order valence-electron chi connectivity index (χ0n) is 16.4. The third-order valence-corrected chi connectivity index (χ3v) is 7.04. The van der Waals surface area contributed by atoms with Crippen LogP contribution in [0, 0.1) is 0 Å². The number of carbonyl (C=O) groups excluding carboxylic acids is 2. The molecule has 4 rings (SSSR count). The van der Waals surface area contributed by atoms with Crippen molar-refractivity contribution in [2.75, 3.05) is 11.9 Å². The Morgan fingerprint density at radius 1 is 0.871 bits per heavy atom. The number of pyridine rings is 1. The fourth-order valence-electron chi connectivity index (χ4n) is 3.40. The summed E-state index contributed by atoms with van der Waals surface area (Å²) in [4.78, 5) is 31.3. The maximum absolute atomic E-state index is 13.0. The molecule has 2 aromatic carbocycles. The number of allylic oxidation sites excluding steroid dienone is 2. The summed E-state index contributed by atoms with van der Waals surface area (Å²) in [7, 11) is -1.99. The molecule has 31 heavy (non-hydrogen) atoms. The lowest BCUT2D eigenvalue weighted by Crippen LogP contribution is -2.30. The highest BCUT2D eigenvalue weighted by Crippen LogP contribution is 2.32. The van der Waals surface area contributed by atoms with Crippen LogP contribution in [-0.2, 0) is 15.6 Å². The third-order valence-electron chi connectivity index (χ3n) is 5.02. The van der Waals surface area contributed by atoms with Crippen molar-refractivity contribution in [3.05, 3.63) is 100 Å². The number of carbonyl (C=O) groups is 2. The van der Waals surface area contributed by atoms with Gasteiger partial charge in [0.15, 0.2) is 9.84 Å². The van der Waals surface area contributed by atoms with Gasteiger partial charge in [-0.15, -0.1) is 0 Å². The molecule has 0 amide bonds. The van der Waals surface area contributed by atoms with Crippen molar-refractivity contribution in [1.29, 1.82) is 0 Å². The van der Waals surface area contributed by atoms with Crippen LogP contribution in [0.4, 0.5) is 5.69 Å². The molecule has 0 aliphatic heterocycles. The lowest BCUT2D eigenvalue weighted by molar-refractivity contribution is 0.0979. The number of fused-ring (bicyclic) bond motifs is 1. The lowest BCUT2D eigenvalue weighted by atomic mass is 9.92. The number of likely N-dealkylation sites (N-methyl/N-ethyl adjacent to an activating group) is 1. The van der Waals surface area contributed by atoms with Gasteiger partial charge in [0.05, 0.1) is 16.3 Å². The summed E-state index contributed by atoms with van der Waals surface area (Å²) in [6, 6.07) is 17.7. The second-order valence-electron chi connectivity index (χ2n) is 7.00.